The van der Waals surface area contributed by atoms with Crippen LogP contribution in [0.25, 0.3) is 5.76 Å². The number of carbonyl (C=O) groups excluding carboxylic acids is 2. The van der Waals surface area contributed by atoms with E-state index in [0.29, 0.717) is 0 Å². The van der Waals surface area contributed by atoms with Crippen molar-refractivity contribution in [3.63, 3.8) is 0 Å². The van der Waals surface area contributed by atoms with E-state index in [-0.39, 0.29) is 29.6 Å². The topological polar surface area (TPSA) is 52.6 Å². The van der Waals surface area contributed by atoms with E-state index < -0.39 is 17.6 Å². The van der Waals surface area contributed by atoms with Gasteiger partial charge in [0.25, 0.3) is 5.78 Å². The molecule has 6 heteroatoms. The molecule has 0 heterocycles. The van der Waals surface area contributed by atoms with Crippen LogP contribution < -0.4 is 0 Å². The lowest BCUT2D eigenvalue weighted by Gasteiger charge is -2.09. The molecule has 0 saturated carbocycles. The van der Waals surface area contributed by atoms with Crippen LogP contribution in [0.3, 0.4) is 0 Å². The Hall–Kier alpha value is -1.88. The molecule has 4 nitrogen and oxygen atoms in total. The Balaban J connectivity index is 3.10. The minimum absolute atomic E-state index is 0.0620. The van der Waals surface area contributed by atoms with Crippen molar-refractivity contribution in [1.29, 1.82) is 0 Å². The first-order valence-electron chi connectivity index (χ1n) is 6.00. The van der Waals surface area contributed by atoms with Crippen molar-refractivity contribution >= 4 is 29.1 Å². The van der Waals surface area contributed by atoms with Crippen molar-refractivity contribution in [3.8, 4) is 0 Å². The van der Waals surface area contributed by atoms with Gasteiger partial charge in [-0.05, 0) is 32.0 Å². The Kier molecular flexibility index (Phi) is 6.18. The molecule has 0 saturated heterocycles. The highest BCUT2D eigenvalue weighted by atomic mass is 35.5. The third-order valence-electron chi connectivity index (χ3n) is 2.19. The van der Waals surface area contributed by atoms with Crippen LogP contribution in [0, 0.1) is 5.82 Å². The van der Waals surface area contributed by atoms with E-state index in [4.69, 9.17) is 16.3 Å². The van der Waals surface area contributed by atoms with Crippen LogP contribution in [-0.4, -0.2) is 25.0 Å². The zero-order valence-electron chi connectivity index (χ0n) is 11.1. The monoisotopic (exact) mass is 300 g/mol. The summed E-state index contributed by atoms with van der Waals surface area (Å²) in [4.78, 5) is 22.9. The van der Waals surface area contributed by atoms with Gasteiger partial charge in [-0.1, -0.05) is 11.6 Å². The van der Waals surface area contributed by atoms with Crippen LogP contribution in [0.2, 0.25) is 5.02 Å². The minimum atomic E-state index is -0.993. The fraction of sp³-hybridized carbons (Fsp3) is 0.286. The van der Waals surface area contributed by atoms with Crippen LogP contribution in [0.15, 0.2) is 24.3 Å². The van der Waals surface area contributed by atoms with Gasteiger partial charge in [-0.15, -0.1) is 0 Å². The highest BCUT2D eigenvalue weighted by molar-refractivity contribution is 6.39. The van der Waals surface area contributed by atoms with Gasteiger partial charge in [0.1, 0.15) is 11.6 Å². The molecule has 1 aromatic rings. The van der Waals surface area contributed by atoms with Crippen molar-refractivity contribution in [2.24, 2.45) is 0 Å². The second-order valence-corrected chi connectivity index (χ2v) is 4.12. The maximum atomic E-state index is 13.3. The van der Waals surface area contributed by atoms with Crippen LogP contribution in [0.1, 0.15) is 19.4 Å². The molecule has 1 rings (SSSR count). The average Bonchev–Trinajstić information content (AvgIpc) is 2.37. The predicted molar refractivity (Wildman–Crippen MR) is 72.7 cm³/mol. The summed E-state index contributed by atoms with van der Waals surface area (Å²) in [6.45, 7) is 3.62. The molecule has 0 amide bonds. The first-order valence-corrected chi connectivity index (χ1v) is 6.37. The number of carbonyl (C=O) groups is 2. The zero-order chi connectivity index (χ0) is 15.1. The fourth-order valence-corrected chi connectivity index (χ4v) is 1.66. The number of esters is 1. The minimum Gasteiger partial charge on any atom is -0.493 e. The highest BCUT2D eigenvalue weighted by Crippen LogP contribution is 2.22. The zero-order valence-corrected chi connectivity index (χ0v) is 11.9. The third kappa shape index (κ3) is 4.66. The van der Waals surface area contributed by atoms with Gasteiger partial charge in [0.15, 0.2) is 0 Å². The van der Waals surface area contributed by atoms with Crippen LogP contribution in [0.4, 0.5) is 4.39 Å². The SMILES string of the molecule is CCOC(=O)C(=O)/C=C(\OCC)c1cc(F)cc(Cl)c1. The summed E-state index contributed by atoms with van der Waals surface area (Å²) in [5, 5.41) is 0.161. The quantitative estimate of drug-likeness (QED) is 0.351. The molecule has 0 atom stereocenters. The number of ketones is 1. The lowest BCUT2D eigenvalue weighted by Crippen LogP contribution is -2.15. The van der Waals surface area contributed by atoms with E-state index in [9.17, 15) is 14.0 Å². The summed E-state index contributed by atoms with van der Waals surface area (Å²) in [7, 11) is 0. The summed E-state index contributed by atoms with van der Waals surface area (Å²) in [5.41, 5.74) is 0.273. The lowest BCUT2D eigenvalue weighted by molar-refractivity contribution is -0.151. The number of hydrogen-bond acceptors (Lipinski definition) is 4. The number of hydrogen-bond donors (Lipinski definition) is 0. The van der Waals surface area contributed by atoms with Gasteiger partial charge >= 0.3 is 5.97 Å². The molecule has 0 unspecified atom stereocenters. The van der Waals surface area contributed by atoms with Gasteiger partial charge in [-0.25, -0.2) is 9.18 Å². The Bertz CT molecular complexity index is 520. The van der Waals surface area contributed by atoms with Crippen LogP contribution in [0.5, 0.6) is 0 Å². The van der Waals surface area contributed by atoms with Gasteiger partial charge in [0.05, 0.1) is 13.2 Å². The maximum absolute atomic E-state index is 13.3. The standard InChI is InChI=1S/C14H14ClFO4/c1-3-19-13(8-12(17)14(18)20-4-2)9-5-10(15)7-11(16)6-9/h5-8H,3-4H2,1-2H3/b13-8-. The second kappa shape index (κ2) is 7.65. The number of halogens is 2. The van der Waals surface area contributed by atoms with E-state index >= 15 is 0 Å². The van der Waals surface area contributed by atoms with E-state index in [1.807, 2.05) is 0 Å². The first-order chi connectivity index (χ1) is 9.47. The predicted octanol–water partition coefficient (Wildman–Crippen LogP) is 2.99. The lowest BCUT2D eigenvalue weighted by atomic mass is 10.1. The summed E-state index contributed by atoms with van der Waals surface area (Å²) < 4.78 is 23.1. The highest BCUT2D eigenvalue weighted by Gasteiger charge is 2.15. The molecule has 108 valence electrons. The van der Waals surface area contributed by atoms with Gasteiger partial charge in [-0.3, -0.25) is 4.79 Å². The second-order valence-electron chi connectivity index (χ2n) is 3.68. The molecule has 0 aromatic heterocycles. The first kappa shape index (κ1) is 16.2. The molecule has 0 aliphatic heterocycles. The van der Waals surface area contributed by atoms with Gasteiger partial charge in [0, 0.05) is 16.7 Å². The molecule has 1 aromatic carbocycles. The van der Waals surface area contributed by atoms with Gasteiger partial charge < -0.3 is 9.47 Å². The summed E-state index contributed by atoms with van der Waals surface area (Å²) in [6, 6.07) is 3.72. The van der Waals surface area contributed by atoms with Crippen LogP contribution in [-0.2, 0) is 19.1 Å². The van der Waals surface area contributed by atoms with E-state index in [1.54, 1.807) is 13.8 Å². The third-order valence-corrected chi connectivity index (χ3v) is 2.40. The fourth-order valence-electron chi connectivity index (χ4n) is 1.44. The Morgan fingerprint density at radius 1 is 1.20 bits per heavy atom. The van der Waals surface area contributed by atoms with Gasteiger partial charge in [-0.2, -0.15) is 0 Å². The number of ether oxygens (including phenoxy) is 2. The summed E-state index contributed by atoms with van der Waals surface area (Å²) in [6.07, 6.45) is 0.965. The Labute approximate surface area is 121 Å². The van der Waals surface area contributed by atoms with Crippen molar-refractivity contribution in [2.45, 2.75) is 13.8 Å². The molecule has 0 aliphatic carbocycles. The summed E-state index contributed by atoms with van der Waals surface area (Å²) in [5.74, 6) is -2.38. The average molecular weight is 301 g/mol. The van der Waals surface area contributed by atoms with Crippen molar-refractivity contribution in [3.05, 3.63) is 40.7 Å². The largest absolute Gasteiger partial charge is 0.493 e. The smallest absolute Gasteiger partial charge is 0.379 e. The molecule has 0 aliphatic rings. The molecule has 0 bridgehead atoms. The molecule has 0 fully saturated rings. The Morgan fingerprint density at radius 2 is 1.85 bits per heavy atom. The van der Waals surface area contributed by atoms with E-state index in [1.165, 1.54) is 6.07 Å². The summed E-state index contributed by atoms with van der Waals surface area (Å²) >= 11 is 5.74. The van der Waals surface area contributed by atoms with Gasteiger partial charge in [0.2, 0.25) is 0 Å². The molecule has 0 spiro atoms. The number of rotatable bonds is 6. The Morgan fingerprint density at radius 3 is 2.40 bits per heavy atom. The van der Waals surface area contributed by atoms with Crippen molar-refractivity contribution in [2.75, 3.05) is 13.2 Å². The number of benzene rings is 1. The molecular weight excluding hydrogens is 287 g/mol. The normalized spacial score (nSPS) is 11.1. The molecule has 20 heavy (non-hydrogen) atoms. The molecule has 0 N–H and O–H groups in total. The molecular formula is C14H14ClFO4. The van der Waals surface area contributed by atoms with Crippen LogP contribution >= 0.6 is 11.6 Å². The maximum Gasteiger partial charge on any atom is 0.379 e. The van der Waals surface area contributed by atoms with E-state index in [0.717, 1.165) is 18.2 Å². The van der Waals surface area contributed by atoms with Crippen molar-refractivity contribution in [1.82, 2.24) is 0 Å². The van der Waals surface area contributed by atoms with Crippen molar-refractivity contribution < 1.29 is 23.5 Å². The van der Waals surface area contributed by atoms with E-state index in [2.05, 4.69) is 4.74 Å². The molecule has 0 radical (unpaired) electrons.